The van der Waals surface area contributed by atoms with Gasteiger partial charge < -0.3 is 19.7 Å². The summed E-state index contributed by atoms with van der Waals surface area (Å²) in [6.07, 6.45) is 1.52. The molecule has 1 atom stereocenters. The van der Waals surface area contributed by atoms with E-state index in [-0.39, 0.29) is 30.0 Å². The first-order valence-electron chi connectivity index (χ1n) is 11.1. The summed E-state index contributed by atoms with van der Waals surface area (Å²) in [5.41, 5.74) is 1.78. The van der Waals surface area contributed by atoms with Crippen LogP contribution in [0.1, 0.15) is 28.8 Å². The van der Waals surface area contributed by atoms with Crippen molar-refractivity contribution in [3.8, 4) is 17.1 Å². The summed E-state index contributed by atoms with van der Waals surface area (Å²) in [4.78, 5) is 34.7. The van der Waals surface area contributed by atoms with Crippen molar-refractivity contribution in [3.05, 3.63) is 53.4 Å². The summed E-state index contributed by atoms with van der Waals surface area (Å²) >= 11 is 0. The first-order valence-corrected chi connectivity index (χ1v) is 11.1. The van der Waals surface area contributed by atoms with Gasteiger partial charge in [0, 0.05) is 26.6 Å². The third-order valence-electron chi connectivity index (χ3n) is 5.52. The zero-order valence-corrected chi connectivity index (χ0v) is 19.7. The van der Waals surface area contributed by atoms with Gasteiger partial charge in [0.15, 0.2) is 11.6 Å². The number of carbonyl (C=O) groups is 2. The van der Waals surface area contributed by atoms with Crippen LogP contribution in [-0.4, -0.2) is 74.6 Å². The Morgan fingerprint density at radius 2 is 2.09 bits per heavy atom. The first kappa shape index (κ1) is 24.2. The molecule has 1 N–H and O–H groups in total. The molecule has 0 bridgehead atoms. The molecule has 0 aliphatic carbocycles. The second-order valence-corrected chi connectivity index (χ2v) is 8.12. The lowest BCUT2D eigenvalue weighted by atomic mass is 10.2. The highest BCUT2D eigenvalue weighted by atomic mass is 19.1. The van der Waals surface area contributed by atoms with E-state index in [1.54, 1.807) is 28.8 Å². The van der Waals surface area contributed by atoms with Crippen molar-refractivity contribution in [1.29, 1.82) is 0 Å². The number of morpholine rings is 1. The minimum absolute atomic E-state index is 0.0124. The highest BCUT2D eigenvalue weighted by molar-refractivity contribution is 5.93. The van der Waals surface area contributed by atoms with E-state index in [0.717, 1.165) is 0 Å². The van der Waals surface area contributed by atoms with E-state index >= 15 is 0 Å². The minimum atomic E-state index is -0.474. The first-order chi connectivity index (χ1) is 16.8. The molecule has 1 aliphatic heterocycles. The van der Waals surface area contributed by atoms with Crippen LogP contribution in [0.2, 0.25) is 0 Å². The average Bonchev–Trinajstić information content (AvgIpc) is 3.31. The summed E-state index contributed by atoms with van der Waals surface area (Å²) in [7, 11) is 1.38. The lowest BCUT2D eigenvalue weighted by Crippen LogP contribution is -2.46. The molecule has 0 radical (unpaired) electrons. The maximum Gasteiger partial charge on any atom is 0.270 e. The molecule has 184 valence electrons. The summed E-state index contributed by atoms with van der Waals surface area (Å²) in [5.74, 6) is -0.366. The van der Waals surface area contributed by atoms with E-state index in [9.17, 15) is 14.0 Å². The number of carbonyl (C=O) groups excluding carboxylic acids is 2. The monoisotopic (exact) mass is 483 g/mol. The quantitative estimate of drug-likeness (QED) is 0.534. The number of methoxy groups -OCH3 is 1. The van der Waals surface area contributed by atoms with Crippen LogP contribution < -0.4 is 10.1 Å². The standard InChI is InChI=1S/C23H26FN7O4/c1-14-26-19(21-13-31(29-28-21)12-17-11-30(15(2)32)6-7-35-17)9-20(27-14)23(33)25-10-16-4-5-18(24)22(8-16)34-3/h4-5,8-9,13,17H,6-7,10-12H2,1-3H3,(H,25,33). The molecular formula is C23H26FN7O4. The smallest absolute Gasteiger partial charge is 0.270 e. The predicted molar refractivity (Wildman–Crippen MR) is 122 cm³/mol. The molecular weight excluding hydrogens is 457 g/mol. The number of halogens is 1. The summed E-state index contributed by atoms with van der Waals surface area (Å²) in [6, 6.07) is 5.91. The molecule has 3 aromatic rings. The number of ether oxygens (including phenoxy) is 2. The van der Waals surface area contributed by atoms with Crippen LogP contribution in [0.25, 0.3) is 11.4 Å². The number of aromatic nitrogens is 5. The number of amides is 2. The van der Waals surface area contributed by atoms with Gasteiger partial charge >= 0.3 is 0 Å². The molecule has 1 fully saturated rings. The van der Waals surface area contributed by atoms with Crippen molar-refractivity contribution in [2.45, 2.75) is 33.0 Å². The van der Waals surface area contributed by atoms with Gasteiger partial charge in [0.1, 0.15) is 17.2 Å². The fraction of sp³-hybridized carbons (Fsp3) is 0.391. The lowest BCUT2D eigenvalue weighted by Gasteiger charge is -2.32. The zero-order chi connectivity index (χ0) is 24.9. The number of nitrogens with one attached hydrogen (secondary N) is 1. The Bertz CT molecular complexity index is 1230. The van der Waals surface area contributed by atoms with Gasteiger partial charge in [-0.1, -0.05) is 11.3 Å². The van der Waals surface area contributed by atoms with Crippen molar-refractivity contribution in [2.24, 2.45) is 0 Å². The van der Waals surface area contributed by atoms with Crippen LogP contribution in [0.15, 0.2) is 30.5 Å². The van der Waals surface area contributed by atoms with E-state index in [1.165, 1.54) is 32.2 Å². The third kappa shape index (κ3) is 5.96. The Hall–Kier alpha value is -3.93. The van der Waals surface area contributed by atoms with E-state index in [0.29, 0.717) is 49.0 Å². The molecule has 3 heterocycles. The molecule has 1 saturated heterocycles. The summed E-state index contributed by atoms with van der Waals surface area (Å²) < 4.78 is 25.9. The Balaban J connectivity index is 1.43. The molecule has 0 spiro atoms. The fourth-order valence-corrected chi connectivity index (χ4v) is 3.73. The number of benzene rings is 1. The maximum absolute atomic E-state index is 13.6. The van der Waals surface area contributed by atoms with Gasteiger partial charge in [-0.15, -0.1) is 5.10 Å². The van der Waals surface area contributed by atoms with E-state index < -0.39 is 11.7 Å². The number of aryl methyl sites for hydroxylation is 1. The van der Waals surface area contributed by atoms with Gasteiger partial charge in [0.05, 0.1) is 38.3 Å². The molecule has 2 amide bonds. The van der Waals surface area contributed by atoms with Gasteiger partial charge in [-0.3, -0.25) is 9.59 Å². The molecule has 11 nitrogen and oxygen atoms in total. The van der Waals surface area contributed by atoms with Crippen molar-refractivity contribution in [1.82, 2.24) is 35.2 Å². The van der Waals surface area contributed by atoms with Gasteiger partial charge in [-0.05, 0) is 30.7 Å². The Labute approximate surface area is 201 Å². The van der Waals surface area contributed by atoms with Crippen molar-refractivity contribution >= 4 is 11.8 Å². The Morgan fingerprint density at radius 3 is 2.86 bits per heavy atom. The maximum atomic E-state index is 13.6. The highest BCUT2D eigenvalue weighted by Gasteiger charge is 2.23. The Morgan fingerprint density at radius 1 is 1.26 bits per heavy atom. The highest BCUT2D eigenvalue weighted by Crippen LogP contribution is 2.19. The zero-order valence-electron chi connectivity index (χ0n) is 19.7. The molecule has 0 saturated carbocycles. The van der Waals surface area contributed by atoms with Crippen LogP contribution in [0.5, 0.6) is 5.75 Å². The lowest BCUT2D eigenvalue weighted by molar-refractivity contribution is -0.136. The van der Waals surface area contributed by atoms with Crippen molar-refractivity contribution in [2.75, 3.05) is 26.8 Å². The van der Waals surface area contributed by atoms with Crippen molar-refractivity contribution < 1.29 is 23.5 Å². The summed E-state index contributed by atoms with van der Waals surface area (Å²) in [5, 5.41) is 11.1. The molecule has 2 aromatic heterocycles. The molecule has 35 heavy (non-hydrogen) atoms. The number of rotatable bonds is 7. The van der Waals surface area contributed by atoms with Gasteiger partial charge in [-0.2, -0.15) is 0 Å². The largest absolute Gasteiger partial charge is 0.494 e. The summed E-state index contributed by atoms with van der Waals surface area (Å²) in [6.45, 7) is 5.35. The minimum Gasteiger partial charge on any atom is -0.494 e. The Kier molecular flexibility index (Phi) is 7.30. The van der Waals surface area contributed by atoms with Gasteiger partial charge in [0.25, 0.3) is 5.91 Å². The molecule has 1 unspecified atom stereocenters. The van der Waals surface area contributed by atoms with Gasteiger partial charge in [-0.25, -0.2) is 19.0 Å². The average molecular weight is 484 g/mol. The van der Waals surface area contributed by atoms with E-state index in [1.807, 2.05) is 0 Å². The van der Waals surface area contributed by atoms with E-state index in [2.05, 4.69) is 25.6 Å². The molecule has 4 rings (SSSR count). The van der Waals surface area contributed by atoms with E-state index in [4.69, 9.17) is 9.47 Å². The van der Waals surface area contributed by atoms with Crippen LogP contribution in [0.4, 0.5) is 4.39 Å². The number of nitrogens with zero attached hydrogens (tertiary/aromatic N) is 6. The molecule has 1 aromatic carbocycles. The normalized spacial score (nSPS) is 15.7. The molecule has 12 heteroatoms. The third-order valence-corrected chi connectivity index (χ3v) is 5.52. The number of hydrogen-bond donors (Lipinski definition) is 1. The van der Waals surface area contributed by atoms with Crippen molar-refractivity contribution in [3.63, 3.8) is 0 Å². The van der Waals surface area contributed by atoms with Crippen LogP contribution in [-0.2, 0) is 22.6 Å². The van der Waals surface area contributed by atoms with Gasteiger partial charge in [0.2, 0.25) is 5.91 Å². The van der Waals surface area contributed by atoms with Crippen LogP contribution in [0, 0.1) is 12.7 Å². The molecule has 1 aliphatic rings. The fourth-order valence-electron chi connectivity index (χ4n) is 3.73. The SMILES string of the molecule is COc1cc(CNC(=O)c2cc(-c3cn(CC4CN(C(C)=O)CCO4)nn3)nc(C)n2)ccc1F. The topological polar surface area (TPSA) is 124 Å². The predicted octanol–water partition coefficient (Wildman–Crippen LogP) is 1.37. The number of hydrogen-bond acceptors (Lipinski definition) is 8. The van der Waals surface area contributed by atoms with Crippen LogP contribution in [0.3, 0.4) is 0 Å². The second-order valence-electron chi connectivity index (χ2n) is 8.12. The second kappa shape index (κ2) is 10.6. The van der Waals surface area contributed by atoms with Crippen LogP contribution >= 0.6 is 0 Å².